The number of carbonyl (C=O) groups is 2. The van der Waals surface area contributed by atoms with Gasteiger partial charge in [0.05, 0.1) is 21.8 Å². The number of carbonyl (C=O) groups excluding carboxylic acids is 1. The van der Waals surface area contributed by atoms with E-state index in [1.807, 2.05) is 24.0 Å². The van der Waals surface area contributed by atoms with Crippen molar-refractivity contribution in [1.82, 2.24) is 30.2 Å². The van der Waals surface area contributed by atoms with Gasteiger partial charge in [-0.2, -0.15) is 4.98 Å². The molecule has 198 valence electrons. The van der Waals surface area contributed by atoms with Crippen molar-refractivity contribution < 1.29 is 14.7 Å². The molecule has 3 aromatic heterocycles. The van der Waals surface area contributed by atoms with E-state index < -0.39 is 11.4 Å². The third-order valence-corrected chi connectivity index (χ3v) is 7.72. The van der Waals surface area contributed by atoms with Gasteiger partial charge in [0.15, 0.2) is 5.13 Å². The van der Waals surface area contributed by atoms with Crippen LogP contribution in [0.4, 0.5) is 21.8 Å². The van der Waals surface area contributed by atoms with Crippen LogP contribution in [0.1, 0.15) is 26.7 Å². The normalized spacial score (nSPS) is 14.5. The number of hydrogen-bond acceptors (Lipinski definition) is 9. The van der Waals surface area contributed by atoms with Crippen molar-refractivity contribution in [1.29, 1.82) is 0 Å². The number of rotatable bonds is 6. The SMILES string of the molecule is [C-]#[N+]c1nccc(-c2cc(-c3cnc(N4CCC(C)(C(=O)O)CC4)nc3)cc3nc(NC(=O)NCC)sc23)n1. The number of urea groups is 1. The second-order valence-electron chi connectivity index (χ2n) is 9.35. The first-order valence-corrected chi connectivity index (χ1v) is 13.1. The van der Waals surface area contributed by atoms with Gasteiger partial charge in [0.2, 0.25) is 5.95 Å². The summed E-state index contributed by atoms with van der Waals surface area (Å²) in [5.41, 5.74) is 2.76. The number of hydrogen-bond donors (Lipinski definition) is 3. The van der Waals surface area contributed by atoms with E-state index in [0.29, 0.717) is 54.8 Å². The third-order valence-electron chi connectivity index (χ3n) is 6.70. The summed E-state index contributed by atoms with van der Waals surface area (Å²) in [6.07, 6.45) is 6.03. The highest BCUT2D eigenvalue weighted by Crippen LogP contribution is 2.38. The molecule has 5 rings (SSSR count). The molecule has 1 aromatic carbocycles. The number of carboxylic acid groups (broad SMARTS) is 1. The fraction of sp³-hybridized carbons (Fsp3) is 0.308. The highest BCUT2D eigenvalue weighted by molar-refractivity contribution is 7.22. The number of benzene rings is 1. The first-order valence-electron chi connectivity index (χ1n) is 12.3. The van der Waals surface area contributed by atoms with Gasteiger partial charge in [0.25, 0.3) is 0 Å². The molecule has 39 heavy (non-hydrogen) atoms. The van der Waals surface area contributed by atoms with E-state index in [1.54, 1.807) is 25.4 Å². The Morgan fingerprint density at radius 1 is 1.15 bits per heavy atom. The van der Waals surface area contributed by atoms with Crippen molar-refractivity contribution in [3.8, 4) is 22.4 Å². The molecule has 0 unspecified atom stereocenters. The summed E-state index contributed by atoms with van der Waals surface area (Å²) in [6, 6.07) is 5.21. The molecule has 1 aliphatic heterocycles. The fourth-order valence-corrected chi connectivity index (χ4v) is 5.31. The summed E-state index contributed by atoms with van der Waals surface area (Å²) >= 11 is 1.31. The van der Waals surface area contributed by atoms with Gasteiger partial charge in [-0.1, -0.05) is 11.3 Å². The molecule has 1 fully saturated rings. The van der Waals surface area contributed by atoms with E-state index in [-0.39, 0.29) is 12.0 Å². The number of nitrogens with one attached hydrogen (secondary N) is 2. The van der Waals surface area contributed by atoms with Gasteiger partial charge in [0, 0.05) is 49.2 Å². The monoisotopic (exact) mass is 543 g/mol. The van der Waals surface area contributed by atoms with Crippen molar-refractivity contribution in [2.75, 3.05) is 29.9 Å². The molecule has 0 bridgehead atoms. The fourth-order valence-electron chi connectivity index (χ4n) is 4.34. The van der Waals surface area contributed by atoms with Gasteiger partial charge in [-0.3, -0.25) is 10.1 Å². The minimum absolute atomic E-state index is 0.0319. The molecule has 0 atom stereocenters. The topological polar surface area (TPSA) is 150 Å². The van der Waals surface area contributed by atoms with E-state index in [1.165, 1.54) is 17.5 Å². The zero-order valence-electron chi connectivity index (χ0n) is 21.3. The maximum atomic E-state index is 12.1. The van der Waals surface area contributed by atoms with Crippen LogP contribution in [0.2, 0.25) is 0 Å². The quantitative estimate of drug-likeness (QED) is 0.297. The van der Waals surface area contributed by atoms with Crippen LogP contribution in [0.25, 0.3) is 37.4 Å². The number of nitrogens with zero attached hydrogens (tertiary/aromatic N) is 7. The van der Waals surface area contributed by atoms with Crippen molar-refractivity contribution in [2.45, 2.75) is 26.7 Å². The minimum atomic E-state index is -0.775. The Bertz CT molecular complexity index is 1590. The van der Waals surface area contributed by atoms with Crippen LogP contribution >= 0.6 is 11.3 Å². The van der Waals surface area contributed by atoms with Gasteiger partial charge in [-0.15, -0.1) is 11.6 Å². The van der Waals surface area contributed by atoms with Gasteiger partial charge in [-0.25, -0.2) is 19.7 Å². The lowest BCUT2D eigenvalue weighted by atomic mass is 9.80. The average Bonchev–Trinajstić information content (AvgIpc) is 3.35. The largest absolute Gasteiger partial charge is 0.481 e. The van der Waals surface area contributed by atoms with Crippen LogP contribution in [0.3, 0.4) is 0 Å². The Morgan fingerprint density at radius 3 is 2.56 bits per heavy atom. The zero-order chi connectivity index (χ0) is 27.6. The Morgan fingerprint density at radius 2 is 1.90 bits per heavy atom. The molecule has 13 heteroatoms. The smallest absolute Gasteiger partial charge is 0.372 e. The van der Waals surface area contributed by atoms with Crippen LogP contribution in [0.5, 0.6) is 0 Å². The molecular weight excluding hydrogens is 518 g/mol. The lowest BCUT2D eigenvalue weighted by Gasteiger charge is -2.36. The van der Waals surface area contributed by atoms with E-state index in [9.17, 15) is 14.7 Å². The Hall–Kier alpha value is -4.70. The van der Waals surface area contributed by atoms with Crippen molar-refractivity contribution in [3.05, 3.63) is 48.2 Å². The van der Waals surface area contributed by atoms with E-state index in [4.69, 9.17) is 6.57 Å². The maximum absolute atomic E-state index is 12.1. The summed E-state index contributed by atoms with van der Waals surface area (Å²) in [6.45, 7) is 12.5. The number of piperidine rings is 1. The first kappa shape index (κ1) is 25.9. The number of anilines is 2. The number of fused-ring (bicyclic) bond motifs is 1. The Labute approximate surface area is 228 Å². The predicted octanol–water partition coefficient (Wildman–Crippen LogP) is 4.59. The van der Waals surface area contributed by atoms with Crippen LogP contribution in [-0.2, 0) is 4.79 Å². The van der Waals surface area contributed by atoms with Crippen molar-refractivity contribution >= 4 is 50.6 Å². The predicted molar refractivity (Wildman–Crippen MR) is 148 cm³/mol. The first-order chi connectivity index (χ1) is 18.8. The van der Waals surface area contributed by atoms with Crippen LogP contribution in [-0.4, -0.2) is 61.7 Å². The van der Waals surface area contributed by atoms with Gasteiger partial charge in [-0.05, 0) is 44.4 Å². The van der Waals surface area contributed by atoms with Crippen molar-refractivity contribution in [3.63, 3.8) is 0 Å². The molecule has 0 spiro atoms. The van der Waals surface area contributed by atoms with Gasteiger partial charge < -0.3 is 20.2 Å². The summed E-state index contributed by atoms with van der Waals surface area (Å²) in [7, 11) is 0. The maximum Gasteiger partial charge on any atom is 0.372 e. The molecule has 4 heterocycles. The van der Waals surface area contributed by atoms with E-state index in [0.717, 1.165) is 21.4 Å². The summed E-state index contributed by atoms with van der Waals surface area (Å²) in [5.74, 6) is -0.195. The molecule has 2 amide bonds. The van der Waals surface area contributed by atoms with E-state index >= 15 is 0 Å². The molecule has 0 radical (unpaired) electrons. The molecule has 0 saturated carbocycles. The molecule has 1 saturated heterocycles. The molecule has 0 aliphatic carbocycles. The Kier molecular flexibility index (Phi) is 7.03. The van der Waals surface area contributed by atoms with Crippen LogP contribution in [0, 0.1) is 12.0 Å². The van der Waals surface area contributed by atoms with Crippen molar-refractivity contribution in [2.24, 2.45) is 5.41 Å². The van der Waals surface area contributed by atoms with Gasteiger partial charge >= 0.3 is 17.9 Å². The van der Waals surface area contributed by atoms with Gasteiger partial charge in [0.1, 0.15) is 5.69 Å². The summed E-state index contributed by atoms with van der Waals surface area (Å²) in [5, 5.41) is 15.4. The second kappa shape index (κ2) is 10.6. The molecule has 12 nitrogen and oxygen atoms in total. The number of amides is 2. The van der Waals surface area contributed by atoms with Crippen LogP contribution < -0.4 is 15.5 Å². The standard InChI is InChI=1S/C26H25N9O3S/c1-4-28-24(38)34-25-33-19-12-15(11-17(20(19)39-25)18-5-8-29-22(27-3)32-18)16-13-30-23(31-14-16)35-9-6-26(2,7-10-35)21(36)37/h5,8,11-14H,4,6-7,9-10H2,1-2H3,(H,36,37)(H2,28,33,34,38). The number of aromatic nitrogens is 5. The highest BCUT2D eigenvalue weighted by atomic mass is 32.1. The lowest BCUT2D eigenvalue weighted by Crippen LogP contribution is -2.43. The second-order valence-corrected chi connectivity index (χ2v) is 10.4. The summed E-state index contributed by atoms with van der Waals surface area (Å²) in [4.78, 5) is 51.1. The Balaban J connectivity index is 1.49. The molecule has 3 N–H and O–H groups in total. The minimum Gasteiger partial charge on any atom is -0.481 e. The average molecular weight is 544 g/mol. The van der Waals surface area contributed by atoms with E-state index in [2.05, 4.69) is 40.4 Å². The summed E-state index contributed by atoms with van der Waals surface area (Å²) < 4.78 is 0.799. The number of carboxylic acids is 1. The highest BCUT2D eigenvalue weighted by Gasteiger charge is 2.37. The third kappa shape index (κ3) is 5.32. The molecule has 1 aliphatic rings. The lowest BCUT2D eigenvalue weighted by molar-refractivity contribution is -0.149. The number of thiazole rings is 1. The van der Waals surface area contributed by atoms with Crippen LogP contribution in [0.15, 0.2) is 36.8 Å². The zero-order valence-corrected chi connectivity index (χ0v) is 22.1. The number of aliphatic carboxylic acids is 1. The molecule has 4 aromatic rings. The molecular formula is C26H25N9O3S.